The number of rotatable bonds is 7. The number of nitrogens with zero attached hydrogens (tertiary/aromatic N) is 3. The molecule has 204 valence electrons. The molecule has 8 nitrogen and oxygen atoms in total. The Morgan fingerprint density at radius 2 is 1.82 bits per heavy atom. The van der Waals surface area contributed by atoms with Crippen molar-refractivity contribution in [1.82, 2.24) is 14.7 Å². The van der Waals surface area contributed by atoms with E-state index in [2.05, 4.69) is 36.3 Å². The summed E-state index contributed by atoms with van der Waals surface area (Å²) in [6.07, 6.45) is 0. The number of carbonyl (C=O) groups excluding carboxylic acids is 1. The van der Waals surface area contributed by atoms with Crippen LogP contribution in [0.2, 0.25) is 0 Å². The Labute approximate surface area is 231 Å². The molecule has 2 heterocycles. The van der Waals surface area contributed by atoms with Gasteiger partial charge in [-0.25, -0.2) is 9.48 Å². The molecular formula is C31H37N5O3. The first kappa shape index (κ1) is 25.4. The van der Waals surface area contributed by atoms with Crippen LogP contribution in [0.25, 0.3) is 16.5 Å². The molecule has 0 saturated carbocycles. The highest BCUT2D eigenvalue weighted by Gasteiger charge is 2.22. The molecule has 39 heavy (non-hydrogen) atoms. The maximum atomic E-state index is 13.3. The second-order valence-corrected chi connectivity index (χ2v) is 10.8. The van der Waals surface area contributed by atoms with Crippen molar-refractivity contribution in [1.29, 1.82) is 0 Å². The number of hydrogen-bond acceptors (Lipinski definition) is 5. The summed E-state index contributed by atoms with van der Waals surface area (Å²) in [7, 11) is 0. The molecule has 1 aliphatic rings. The summed E-state index contributed by atoms with van der Waals surface area (Å²) in [4.78, 5) is 15.6. The van der Waals surface area contributed by atoms with Crippen molar-refractivity contribution in [3.63, 3.8) is 0 Å². The molecule has 0 unspecified atom stereocenters. The zero-order valence-electron chi connectivity index (χ0n) is 24.1. The van der Waals surface area contributed by atoms with Crippen molar-refractivity contribution >= 4 is 28.3 Å². The van der Waals surface area contributed by atoms with Gasteiger partial charge in [0.05, 0.1) is 31.7 Å². The van der Waals surface area contributed by atoms with Crippen LogP contribution in [0.4, 0.5) is 16.3 Å². The molecule has 2 N–H and O–H groups in total. The minimum atomic E-state index is -0.383. The molecule has 1 aromatic heterocycles. The number of ether oxygens (including phenoxy) is 2. The zero-order valence-corrected chi connectivity index (χ0v) is 23.1. The summed E-state index contributed by atoms with van der Waals surface area (Å²) < 4.78 is 21.5. The van der Waals surface area contributed by atoms with Gasteiger partial charge in [-0.05, 0) is 31.2 Å². The highest BCUT2D eigenvalue weighted by atomic mass is 16.5. The summed E-state index contributed by atoms with van der Waals surface area (Å²) in [5, 5.41) is 12.6. The summed E-state index contributed by atoms with van der Waals surface area (Å²) in [5.41, 5.74) is 2.88. The van der Waals surface area contributed by atoms with Crippen molar-refractivity contribution in [3.05, 3.63) is 78.0 Å². The number of nitrogens with one attached hydrogen (secondary N) is 2. The molecule has 0 atom stereocenters. The van der Waals surface area contributed by atoms with Crippen LogP contribution in [0.3, 0.4) is 0 Å². The maximum Gasteiger partial charge on any atom is 0.324 e. The number of benzene rings is 3. The lowest BCUT2D eigenvalue weighted by molar-refractivity contribution is 0.0323. The third-order valence-electron chi connectivity index (χ3n) is 6.82. The third-order valence-corrected chi connectivity index (χ3v) is 6.82. The predicted octanol–water partition coefficient (Wildman–Crippen LogP) is 5.99. The first-order valence-electron chi connectivity index (χ1n) is 13.9. The van der Waals surface area contributed by atoms with E-state index in [1.54, 1.807) is 10.7 Å². The van der Waals surface area contributed by atoms with Crippen molar-refractivity contribution in [2.45, 2.75) is 33.1 Å². The van der Waals surface area contributed by atoms with Crippen LogP contribution in [0.1, 0.15) is 33.4 Å². The Morgan fingerprint density at radius 1 is 1.05 bits per heavy atom. The number of urea groups is 1. The summed E-state index contributed by atoms with van der Waals surface area (Å²) in [6.45, 7) is 12.9. The second-order valence-electron chi connectivity index (χ2n) is 10.8. The van der Waals surface area contributed by atoms with E-state index in [1.807, 2.05) is 61.5 Å². The van der Waals surface area contributed by atoms with Gasteiger partial charge in [0, 0.05) is 41.9 Å². The van der Waals surface area contributed by atoms with Gasteiger partial charge in [-0.15, -0.1) is 0 Å². The number of amides is 2. The molecular weight excluding hydrogens is 490 g/mol. The standard InChI is InChI=1S/C31H37N5O3/c1-22-9-11-23(12-10-22)36-29(21-28(34-36)31(2,3)4)33-30(37)32-26-13-14-27(25-8-6-5-7-24(25)26)39-20-17-35-15-18-38-19-16-35/h5-14,21H,15-20H2,1-4H3,(H2,32,33,37)/i9T. The van der Waals surface area contributed by atoms with E-state index >= 15 is 0 Å². The fourth-order valence-electron chi connectivity index (χ4n) is 4.55. The molecule has 1 aliphatic heterocycles. The van der Waals surface area contributed by atoms with Gasteiger partial charge < -0.3 is 14.8 Å². The molecule has 0 aliphatic carbocycles. The molecule has 2 amide bonds. The number of carbonyl (C=O) groups is 1. The average Bonchev–Trinajstić information content (AvgIpc) is 3.36. The van der Waals surface area contributed by atoms with Gasteiger partial charge in [0.15, 0.2) is 0 Å². The first-order valence-corrected chi connectivity index (χ1v) is 13.4. The predicted molar refractivity (Wildman–Crippen MR) is 156 cm³/mol. The van der Waals surface area contributed by atoms with Crippen LogP contribution in [-0.4, -0.2) is 60.2 Å². The van der Waals surface area contributed by atoms with E-state index in [9.17, 15) is 4.79 Å². The average molecular weight is 530 g/mol. The Morgan fingerprint density at radius 3 is 2.56 bits per heavy atom. The van der Waals surface area contributed by atoms with Crippen molar-refractivity contribution in [2.75, 3.05) is 50.1 Å². The molecule has 5 rings (SSSR count). The Balaban J connectivity index is 1.35. The number of morpholine rings is 1. The highest BCUT2D eigenvalue weighted by Crippen LogP contribution is 2.32. The third kappa shape index (κ3) is 6.41. The van der Waals surface area contributed by atoms with Crippen LogP contribution in [0.5, 0.6) is 5.75 Å². The quantitative estimate of drug-likeness (QED) is 0.308. The summed E-state index contributed by atoms with van der Waals surface area (Å²) in [6, 6.07) is 19.1. The van der Waals surface area contributed by atoms with Gasteiger partial charge in [0.2, 0.25) is 0 Å². The molecule has 4 aromatic rings. The van der Waals surface area contributed by atoms with Crippen LogP contribution in [-0.2, 0) is 10.2 Å². The SMILES string of the molecule is [3H]c1cc(-n2nc(C(C)(C)C)cc2NC(=O)Nc2ccc(OCCN3CCOCC3)c3ccccc23)ccc1C. The van der Waals surface area contributed by atoms with E-state index in [0.717, 1.165) is 60.6 Å². The number of aromatic nitrogens is 2. The van der Waals surface area contributed by atoms with Crippen LogP contribution < -0.4 is 15.4 Å². The minimum absolute atomic E-state index is 0.222. The molecule has 1 fully saturated rings. The minimum Gasteiger partial charge on any atom is -0.492 e. The van der Waals surface area contributed by atoms with E-state index < -0.39 is 0 Å². The topological polar surface area (TPSA) is 80.7 Å². The van der Waals surface area contributed by atoms with Gasteiger partial charge in [-0.2, -0.15) is 5.10 Å². The number of hydrogen-bond donors (Lipinski definition) is 2. The lowest BCUT2D eigenvalue weighted by Crippen LogP contribution is -2.38. The fourth-order valence-corrected chi connectivity index (χ4v) is 4.55. The van der Waals surface area contributed by atoms with Gasteiger partial charge in [0.1, 0.15) is 18.2 Å². The number of fused-ring (bicyclic) bond motifs is 1. The molecule has 0 radical (unpaired) electrons. The Hall–Kier alpha value is -3.88. The number of anilines is 2. The van der Waals surface area contributed by atoms with Crippen LogP contribution in [0, 0.1) is 6.92 Å². The molecule has 8 heteroatoms. The molecule has 1 saturated heterocycles. The first-order chi connectivity index (χ1) is 19.2. The molecule has 0 spiro atoms. The lowest BCUT2D eigenvalue weighted by atomic mass is 9.92. The monoisotopic (exact) mass is 529 g/mol. The van der Waals surface area contributed by atoms with Gasteiger partial charge in [-0.1, -0.05) is 62.7 Å². The zero-order chi connectivity index (χ0) is 28.3. The van der Waals surface area contributed by atoms with Gasteiger partial charge in [-0.3, -0.25) is 10.2 Å². The largest absolute Gasteiger partial charge is 0.492 e. The summed E-state index contributed by atoms with van der Waals surface area (Å²) >= 11 is 0. The van der Waals surface area contributed by atoms with Gasteiger partial charge >= 0.3 is 6.03 Å². The van der Waals surface area contributed by atoms with Crippen LogP contribution >= 0.6 is 0 Å². The molecule has 0 bridgehead atoms. The fraction of sp³-hybridized carbons (Fsp3) is 0.355. The normalized spacial score (nSPS) is 14.7. The van der Waals surface area contributed by atoms with Crippen molar-refractivity contribution in [2.24, 2.45) is 0 Å². The Bertz CT molecular complexity index is 1500. The lowest BCUT2D eigenvalue weighted by Gasteiger charge is -2.26. The maximum absolute atomic E-state index is 13.3. The van der Waals surface area contributed by atoms with E-state index in [1.165, 1.54) is 0 Å². The van der Waals surface area contributed by atoms with Crippen molar-refractivity contribution < 1.29 is 15.6 Å². The number of aryl methyl sites for hydroxylation is 1. The smallest absolute Gasteiger partial charge is 0.324 e. The summed E-state index contributed by atoms with van der Waals surface area (Å²) in [5.74, 6) is 1.31. The molecule has 3 aromatic carbocycles. The van der Waals surface area contributed by atoms with Crippen molar-refractivity contribution in [3.8, 4) is 11.4 Å². The second kappa shape index (κ2) is 11.5. The van der Waals surface area contributed by atoms with E-state index in [-0.39, 0.29) is 11.4 Å². The highest BCUT2D eigenvalue weighted by molar-refractivity contribution is 6.07. The van der Waals surface area contributed by atoms with E-state index in [4.69, 9.17) is 15.9 Å². The van der Waals surface area contributed by atoms with Crippen LogP contribution in [0.15, 0.2) is 66.7 Å². The van der Waals surface area contributed by atoms with E-state index in [0.29, 0.717) is 29.8 Å². The van der Waals surface area contributed by atoms with Gasteiger partial charge in [0.25, 0.3) is 0 Å². The Kier molecular flexibility index (Phi) is 7.47.